The number of aliphatic carboxylic acids is 1. The van der Waals surface area contributed by atoms with Gasteiger partial charge in [0.2, 0.25) is 0 Å². The number of benzene rings is 2. The molecular formula is C18H18BrNO4. The van der Waals surface area contributed by atoms with Gasteiger partial charge in [-0.25, -0.2) is 4.79 Å². The van der Waals surface area contributed by atoms with E-state index < -0.39 is 24.0 Å². The molecule has 1 amide bonds. The Bertz CT molecular complexity index is 688. The van der Waals surface area contributed by atoms with E-state index in [0.29, 0.717) is 5.56 Å². The molecule has 2 aromatic carbocycles. The van der Waals surface area contributed by atoms with Crippen molar-refractivity contribution in [1.29, 1.82) is 0 Å². The van der Waals surface area contributed by atoms with Crippen molar-refractivity contribution in [3.05, 3.63) is 70.2 Å². The first-order valence-corrected chi connectivity index (χ1v) is 8.16. The Morgan fingerprint density at radius 1 is 1.12 bits per heavy atom. The molecular weight excluding hydrogens is 374 g/mol. The summed E-state index contributed by atoms with van der Waals surface area (Å²) in [6.45, 7) is 0. The van der Waals surface area contributed by atoms with Crippen molar-refractivity contribution in [2.75, 3.05) is 7.11 Å². The maximum Gasteiger partial charge on any atom is 0.326 e. The minimum atomic E-state index is -1.09. The highest BCUT2D eigenvalue weighted by Crippen LogP contribution is 2.17. The zero-order valence-corrected chi connectivity index (χ0v) is 14.7. The summed E-state index contributed by atoms with van der Waals surface area (Å²) in [5.41, 5.74) is 1.49. The number of methoxy groups -OCH3 is 1. The van der Waals surface area contributed by atoms with E-state index in [0.717, 1.165) is 10.0 Å². The molecule has 0 aliphatic heterocycles. The van der Waals surface area contributed by atoms with Crippen LogP contribution in [0.2, 0.25) is 0 Å². The molecule has 24 heavy (non-hydrogen) atoms. The number of ether oxygens (including phenoxy) is 1. The van der Waals surface area contributed by atoms with Gasteiger partial charge in [0.15, 0.2) is 6.10 Å². The molecule has 2 atom stereocenters. The minimum Gasteiger partial charge on any atom is -0.480 e. The molecule has 0 aliphatic carbocycles. The van der Waals surface area contributed by atoms with E-state index >= 15 is 0 Å². The number of halogens is 1. The minimum absolute atomic E-state index is 0.194. The molecule has 126 valence electrons. The van der Waals surface area contributed by atoms with Crippen LogP contribution in [0.25, 0.3) is 0 Å². The van der Waals surface area contributed by atoms with E-state index in [1.165, 1.54) is 7.11 Å². The summed E-state index contributed by atoms with van der Waals surface area (Å²) < 4.78 is 6.14. The predicted molar refractivity (Wildman–Crippen MR) is 93.6 cm³/mol. The molecule has 0 unspecified atom stereocenters. The first-order valence-electron chi connectivity index (χ1n) is 7.36. The number of carboxylic acid groups (broad SMARTS) is 1. The summed E-state index contributed by atoms with van der Waals surface area (Å²) in [6.07, 6.45) is -0.655. The molecule has 6 heteroatoms. The fraction of sp³-hybridized carbons (Fsp3) is 0.222. The zero-order valence-electron chi connectivity index (χ0n) is 13.1. The Morgan fingerprint density at radius 3 is 2.29 bits per heavy atom. The van der Waals surface area contributed by atoms with Crippen molar-refractivity contribution in [3.8, 4) is 0 Å². The monoisotopic (exact) mass is 391 g/mol. The third kappa shape index (κ3) is 4.91. The van der Waals surface area contributed by atoms with Gasteiger partial charge in [-0.05, 0) is 23.3 Å². The Morgan fingerprint density at radius 2 is 1.75 bits per heavy atom. The van der Waals surface area contributed by atoms with Gasteiger partial charge in [-0.1, -0.05) is 58.4 Å². The second-order valence-electron chi connectivity index (χ2n) is 5.26. The Hall–Kier alpha value is -2.18. The molecule has 0 heterocycles. The first-order chi connectivity index (χ1) is 11.5. The average molecular weight is 392 g/mol. The molecule has 2 rings (SSSR count). The van der Waals surface area contributed by atoms with Gasteiger partial charge in [0.25, 0.3) is 5.91 Å². The zero-order chi connectivity index (χ0) is 17.5. The van der Waals surface area contributed by atoms with Gasteiger partial charge < -0.3 is 15.2 Å². The Balaban J connectivity index is 2.10. The highest BCUT2D eigenvalue weighted by molar-refractivity contribution is 9.10. The summed E-state index contributed by atoms with van der Waals surface area (Å²) in [5.74, 6) is -1.57. The van der Waals surface area contributed by atoms with E-state index in [9.17, 15) is 14.7 Å². The average Bonchev–Trinajstić information content (AvgIpc) is 2.57. The molecule has 5 nitrogen and oxygen atoms in total. The lowest BCUT2D eigenvalue weighted by molar-refractivity contribution is -0.144. The van der Waals surface area contributed by atoms with Gasteiger partial charge in [0.1, 0.15) is 6.04 Å². The van der Waals surface area contributed by atoms with Crippen LogP contribution in [0.4, 0.5) is 0 Å². The van der Waals surface area contributed by atoms with E-state index in [1.807, 2.05) is 30.3 Å². The number of amides is 1. The molecule has 0 bridgehead atoms. The highest BCUT2D eigenvalue weighted by atomic mass is 79.9. The first kappa shape index (κ1) is 18.2. The van der Waals surface area contributed by atoms with Gasteiger partial charge in [0.05, 0.1) is 0 Å². The van der Waals surface area contributed by atoms with Crippen molar-refractivity contribution in [2.45, 2.75) is 18.6 Å². The van der Waals surface area contributed by atoms with Gasteiger partial charge >= 0.3 is 5.97 Å². The maximum atomic E-state index is 12.4. The summed E-state index contributed by atoms with van der Waals surface area (Å²) in [6, 6.07) is 15.2. The van der Waals surface area contributed by atoms with E-state index in [1.54, 1.807) is 24.3 Å². The normalized spacial score (nSPS) is 13.1. The summed E-state index contributed by atoms with van der Waals surface area (Å²) in [7, 11) is 1.42. The third-order valence-corrected chi connectivity index (χ3v) is 4.07. The molecule has 0 aliphatic rings. The van der Waals surface area contributed by atoms with Crippen molar-refractivity contribution in [3.63, 3.8) is 0 Å². The van der Waals surface area contributed by atoms with Gasteiger partial charge in [-0.3, -0.25) is 4.79 Å². The number of rotatable bonds is 7. The molecule has 0 fully saturated rings. The van der Waals surface area contributed by atoms with Crippen LogP contribution >= 0.6 is 15.9 Å². The number of carbonyl (C=O) groups is 2. The number of carboxylic acids is 1. The molecule has 0 saturated heterocycles. The molecule has 0 spiro atoms. The van der Waals surface area contributed by atoms with Crippen LogP contribution in [0.5, 0.6) is 0 Å². The highest BCUT2D eigenvalue weighted by Gasteiger charge is 2.26. The maximum absolute atomic E-state index is 12.4. The van der Waals surface area contributed by atoms with Crippen molar-refractivity contribution in [1.82, 2.24) is 5.32 Å². The Labute approximate surface area is 148 Å². The van der Waals surface area contributed by atoms with Crippen molar-refractivity contribution in [2.24, 2.45) is 0 Å². The quantitative estimate of drug-likeness (QED) is 0.760. The molecule has 2 N–H and O–H groups in total. The van der Waals surface area contributed by atoms with Crippen molar-refractivity contribution >= 4 is 27.8 Å². The molecule has 2 aromatic rings. The molecule has 0 radical (unpaired) electrons. The van der Waals surface area contributed by atoms with Crippen LogP contribution in [-0.2, 0) is 20.7 Å². The Kier molecular flexibility index (Phi) is 6.52. The summed E-state index contributed by atoms with van der Waals surface area (Å²) in [5, 5.41) is 12.0. The summed E-state index contributed by atoms with van der Waals surface area (Å²) in [4.78, 5) is 23.9. The number of nitrogens with one attached hydrogen (secondary N) is 1. The van der Waals surface area contributed by atoms with E-state index in [2.05, 4.69) is 21.2 Å². The largest absolute Gasteiger partial charge is 0.480 e. The van der Waals surface area contributed by atoms with Gasteiger partial charge in [0, 0.05) is 18.0 Å². The van der Waals surface area contributed by atoms with Crippen LogP contribution in [0, 0.1) is 0 Å². The van der Waals surface area contributed by atoms with Crippen LogP contribution in [0.15, 0.2) is 59.1 Å². The number of carbonyl (C=O) groups excluding carboxylic acids is 1. The third-order valence-electron chi connectivity index (χ3n) is 3.54. The van der Waals surface area contributed by atoms with Gasteiger partial charge in [-0.2, -0.15) is 0 Å². The van der Waals surface area contributed by atoms with Crippen LogP contribution in [-0.4, -0.2) is 30.1 Å². The van der Waals surface area contributed by atoms with Crippen molar-refractivity contribution < 1.29 is 19.4 Å². The lowest BCUT2D eigenvalue weighted by Crippen LogP contribution is -2.44. The van der Waals surface area contributed by atoms with Gasteiger partial charge in [-0.15, -0.1) is 0 Å². The van der Waals surface area contributed by atoms with E-state index in [-0.39, 0.29) is 6.42 Å². The lowest BCUT2D eigenvalue weighted by atomic mass is 10.0. The second kappa shape index (κ2) is 8.61. The van der Waals surface area contributed by atoms with E-state index in [4.69, 9.17) is 4.74 Å². The van der Waals surface area contributed by atoms with Crippen LogP contribution < -0.4 is 5.32 Å². The lowest BCUT2D eigenvalue weighted by Gasteiger charge is -2.20. The standard InChI is InChI=1S/C18H18BrNO4/c1-24-16(13-5-3-2-4-6-13)17(21)20-15(18(22)23)11-12-7-9-14(19)10-8-12/h2-10,15-16H,11H2,1H3,(H,20,21)(H,22,23)/t15-,16-/m1/s1. The second-order valence-corrected chi connectivity index (χ2v) is 6.17. The fourth-order valence-corrected chi connectivity index (χ4v) is 2.59. The van der Waals surface area contributed by atoms with Crippen LogP contribution in [0.1, 0.15) is 17.2 Å². The smallest absolute Gasteiger partial charge is 0.326 e. The summed E-state index contributed by atoms with van der Waals surface area (Å²) >= 11 is 3.33. The SMILES string of the molecule is CO[C@@H](C(=O)N[C@H](Cc1ccc(Br)cc1)C(=O)O)c1ccccc1. The predicted octanol–water partition coefficient (Wildman–Crippen LogP) is 2.95. The number of hydrogen-bond donors (Lipinski definition) is 2. The number of hydrogen-bond acceptors (Lipinski definition) is 3. The molecule has 0 saturated carbocycles. The molecule has 0 aromatic heterocycles. The topological polar surface area (TPSA) is 75.6 Å². The van der Waals surface area contributed by atoms with Crippen LogP contribution in [0.3, 0.4) is 0 Å². The fourth-order valence-electron chi connectivity index (χ4n) is 2.33.